The van der Waals surface area contributed by atoms with Gasteiger partial charge in [-0.3, -0.25) is 4.39 Å². The van der Waals surface area contributed by atoms with Crippen LogP contribution in [0.1, 0.15) is 6.42 Å². The number of nitrogens with two attached hydrogens (primary N) is 1. The van der Waals surface area contributed by atoms with E-state index in [2.05, 4.69) is 9.88 Å². The van der Waals surface area contributed by atoms with Gasteiger partial charge in [-0.1, -0.05) is 0 Å². The molecule has 1 aromatic heterocycles. The highest BCUT2D eigenvalue weighted by molar-refractivity contribution is 5.46. The van der Waals surface area contributed by atoms with Crippen molar-refractivity contribution in [1.29, 1.82) is 0 Å². The number of hydrogen-bond donors (Lipinski definition) is 1. The smallest absolute Gasteiger partial charge is 0.128 e. The van der Waals surface area contributed by atoms with Gasteiger partial charge in [-0.25, -0.2) is 4.98 Å². The van der Waals surface area contributed by atoms with Crippen LogP contribution in [-0.4, -0.2) is 24.7 Å². The van der Waals surface area contributed by atoms with Crippen LogP contribution in [0, 0.1) is 5.92 Å². The molecule has 1 saturated heterocycles. The standard InChI is InChI=1S/C10H14FN3/c11-5-8-3-4-14(7-8)10-2-1-9(12)6-13-10/h1-2,6,8H,3-5,7,12H2/t8-/m0/s1. The van der Waals surface area contributed by atoms with E-state index in [1.807, 2.05) is 12.1 Å². The first-order valence-electron chi connectivity index (χ1n) is 4.82. The minimum atomic E-state index is -0.231. The van der Waals surface area contributed by atoms with E-state index in [-0.39, 0.29) is 12.6 Å². The SMILES string of the molecule is Nc1ccc(N2CC[C@@H](CF)C2)nc1. The van der Waals surface area contributed by atoms with E-state index < -0.39 is 0 Å². The summed E-state index contributed by atoms with van der Waals surface area (Å²) in [5.41, 5.74) is 6.20. The molecule has 14 heavy (non-hydrogen) atoms. The molecule has 2 N–H and O–H groups in total. The summed E-state index contributed by atoms with van der Waals surface area (Å²) in [6, 6.07) is 3.71. The Morgan fingerprint density at radius 2 is 2.43 bits per heavy atom. The van der Waals surface area contributed by atoms with Gasteiger partial charge in [-0.05, 0) is 18.6 Å². The summed E-state index contributed by atoms with van der Waals surface area (Å²) >= 11 is 0. The Balaban J connectivity index is 2.06. The van der Waals surface area contributed by atoms with Crippen LogP contribution < -0.4 is 10.6 Å². The normalized spacial score (nSPS) is 21.5. The molecular formula is C10H14FN3. The summed E-state index contributed by atoms with van der Waals surface area (Å²) in [4.78, 5) is 6.31. The van der Waals surface area contributed by atoms with Crippen LogP contribution >= 0.6 is 0 Å². The van der Waals surface area contributed by atoms with Gasteiger partial charge in [0.1, 0.15) is 5.82 Å². The number of alkyl halides is 1. The molecule has 2 rings (SSSR count). The second-order valence-corrected chi connectivity index (χ2v) is 3.70. The molecule has 0 unspecified atom stereocenters. The zero-order valence-electron chi connectivity index (χ0n) is 7.99. The average Bonchev–Trinajstić information content (AvgIpc) is 2.67. The molecule has 4 heteroatoms. The van der Waals surface area contributed by atoms with E-state index in [0.717, 1.165) is 25.3 Å². The van der Waals surface area contributed by atoms with E-state index in [1.54, 1.807) is 6.20 Å². The number of halogens is 1. The van der Waals surface area contributed by atoms with E-state index in [9.17, 15) is 4.39 Å². The maximum atomic E-state index is 12.4. The first kappa shape index (κ1) is 9.24. The molecule has 0 bridgehead atoms. The van der Waals surface area contributed by atoms with Crippen LogP contribution in [0.2, 0.25) is 0 Å². The first-order valence-corrected chi connectivity index (χ1v) is 4.82. The Morgan fingerprint density at radius 1 is 1.57 bits per heavy atom. The lowest BCUT2D eigenvalue weighted by atomic mass is 10.1. The molecule has 1 fully saturated rings. The molecule has 0 aromatic carbocycles. The average molecular weight is 195 g/mol. The van der Waals surface area contributed by atoms with Crippen molar-refractivity contribution in [3.63, 3.8) is 0 Å². The maximum Gasteiger partial charge on any atom is 0.128 e. The molecule has 3 nitrogen and oxygen atoms in total. The molecule has 1 atom stereocenters. The molecule has 2 heterocycles. The Labute approximate surface area is 82.7 Å². The molecular weight excluding hydrogens is 181 g/mol. The summed E-state index contributed by atoms with van der Waals surface area (Å²) in [5, 5.41) is 0. The van der Waals surface area contributed by atoms with Gasteiger partial charge in [0.25, 0.3) is 0 Å². The molecule has 76 valence electrons. The third kappa shape index (κ3) is 1.78. The lowest BCUT2D eigenvalue weighted by Gasteiger charge is -2.16. The molecule has 0 spiro atoms. The maximum absolute atomic E-state index is 12.4. The highest BCUT2D eigenvalue weighted by atomic mass is 19.1. The largest absolute Gasteiger partial charge is 0.397 e. The van der Waals surface area contributed by atoms with Crippen molar-refractivity contribution in [3.8, 4) is 0 Å². The van der Waals surface area contributed by atoms with Gasteiger partial charge in [-0.15, -0.1) is 0 Å². The van der Waals surface area contributed by atoms with Gasteiger partial charge in [0, 0.05) is 19.0 Å². The Morgan fingerprint density at radius 3 is 3.00 bits per heavy atom. The van der Waals surface area contributed by atoms with Crippen molar-refractivity contribution in [3.05, 3.63) is 18.3 Å². The third-order valence-electron chi connectivity index (χ3n) is 2.60. The van der Waals surface area contributed by atoms with E-state index in [4.69, 9.17) is 5.73 Å². The van der Waals surface area contributed by atoms with Crippen LogP contribution in [-0.2, 0) is 0 Å². The number of anilines is 2. The summed E-state index contributed by atoms with van der Waals surface area (Å²) < 4.78 is 12.4. The molecule has 0 amide bonds. The number of rotatable bonds is 2. The van der Waals surface area contributed by atoms with Crippen LogP contribution in [0.4, 0.5) is 15.9 Å². The summed E-state index contributed by atoms with van der Waals surface area (Å²) in [6.07, 6.45) is 2.56. The van der Waals surface area contributed by atoms with Gasteiger partial charge in [-0.2, -0.15) is 0 Å². The van der Waals surface area contributed by atoms with Gasteiger partial charge in [0.2, 0.25) is 0 Å². The van der Waals surface area contributed by atoms with Crippen LogP contribution in [0.15, 0.2) is 18.3 Å². The molecule has 1 aliphatic heterocycles. The van der Waals surface area contributed by atoms with Crippen molar-refractivity contribution < 1.29 is 4.39 Å². The highest BCUT2D eigenvalue weighted by Crippen LogP contribution is 2.22. The fourth-order valence-electron chi connectivity index (χ4n) is 1.75. The van der Waals surface area contributed by atoms with Gasteiger partial charge in [0.15, 0.2) is 0 Å². The zero-order valence-corrected chi connectivity index (χ0v) is 7.99. The summed E-state index contributed by atoms with van der Waals surface area (Å²) in [5.74, 6) is 1.07. The Hall–Kier alpha value is -1.32. The van der Waals surface area contributed by atoms with Crippen LogP contribution in [0.3, 0.4) is 0 Å². The van der Waals surface area contributed by atoms with Crippen molar-refractivity contribution in [2.45, 2.75) is 6.42 Å². The number of nitrogen functional groups attached to an aromatic ring is 1. The third-order valence-corrected chi connectivity index (χ3v) is 2.60. The van der Waals surface area contributed by atoms with Gasteiger partial charge in [0.05, 0.1) is 18.6 Å². The van der Waals surface area contributed by atoms with Crippen LogP contribution in [0.5, 0.6) is 0 Å². The zero-order chi connectivity index (χ0) is 9.97. The quantitative estimate of drug-likeness (QED) is 0.776. The van der Waals surface area contributed by atoms with E-state index >= 15 is 0 Å². The minimum Gasteiger partial charge on any atom is -0.397 e. The van der Waals surface area contributed by atoms with Crippen molar-refractivity contribution in [1.82, 2.24) is 4.98 Å². The van der Waals surface area contributed by atoms with Crippen LogP contribution in [0.25, 0.3) is 0 Å². The predicted octanol–water partition coefficient (Wildman–Crippen LogP) is 1.46. The van der Waals surface area contributed by atoms with Gasteiger partial charge < -0.3 is 10.6 Å². The molecule has 0 radical (unpaired) electrons. The monoisotopic (exact) mass is 195 g/mol. The summed E-state index contributed by atoms with van der Waals surface area (Å²) in [6.45, 7) is 1.43. The molecule has 0 aliphatic carbocycles. The number of aromatic nitrogens is 1. The fourth-order valence-corrected chi connectivity index (χ4v) is 1.75. The number of nitrogens with zero attached hydrogens (tertiary/aromatic N) is 2. The predicted molar refractivity (Wildman–Crippen MR) is 54.9 cm³/mol. The second kappa shape index (κ2) is 3.82. The lowest BCUT2D eigenvalue weighted by Crippen LogP contribution is -2.21. The highest BCUT2D eigenvalue weighted by Gasteiger charge is 2.22. The minimum absolute atomic E-state index is 0.175. The Bertz CT molecular complexity index is 299. The van der Waals surface area contributed by atoms with Crippen molar-refractivity contribution >= 4 is 11.5 Å². The Kier molecular flexibility index (Phi) is 2.52. The fraction of sp³-hybridized carbons (Fsp3) is 0.500. The molecule has 1 aliphatic rings. The molecule has 1 aromatic rings. The number of pyridine rings is 1. The topological polar surface area (TPSA) is 42.1 Å². The van der Waals surface area contributed by atoms with Crippen molar-refractivity contribution in [2.75, 3.05) is 30.4 Å². The summed E-state index contributed by atoms with van der Waals surface area (Å²) in [7, 11) is 0. The van der Waals surface area contributed by atoms with E-state index in [1.165, 1.54) is 0 Å². The second-order valence-electron chi connectivity index (χ2n) is 3.70. The van der Waals surface area contributed by atoms with Gasteiger partial charge >= 0.3 is 0 Å². The van der Waals surface area contributed by atoms with Crippen molar-refractivity contribution in [2.24, 2.45) is 5.92 Å². The number of hydrogen-bond acceptors (Lipinski definition) is 3. The van der Waals surface area contributed by atoms with E-state index in [0.29, 0.717) is 5.69 Å². The first-order chi connectivity index (χ1) is 6.79. The lowest BCUT2D eigenvalue weighted by molar-refractivity contribution is 0.384. The molecule has 0 saturated carbocycles.